The summed E-state index contributed by atoms with van der Waals surface area (Å²) in [4.78, 5) is 17.8. The quantitative estimate of drug-likeness (QED) is 0.499. The molecule has 7 heteroatoms. The van der Waals surface area contributed by atoms with Crippen molar-refractivity contribution in [1.82, 2.24) is 16.0 Å². The second kappa shape index (κ2) is 10.1. The highest BCUT2D eigenvalue weighted by molar-refractivity contribution is 7.10. The van der Waals surface area contributed by atoms with E-state index in [-0.39, 0.29) is 12.1 Å². The maximum absolute atomic E-state index is 12.3. The summed E-state index contributed by atoms with van der Waals surface area (Å²) in [6.07, 6.45) is -0.446. The normalized spacial score (nSPS) is 14.1. The van der Waals surface area contributed by atoms with Crippen LogP contribution in [0.3, 0.4) is 0 Å². The second-order valence-electron chi connectivity index (χ2n) is 7.44. The van der Waals surface area contributed by atoms with Crippen molar-refractivity contribution >= 4 is 23.4 Å². The molecule has 0 aliphatic heterocycles. The molecule has 152 valence electrons. The van der Waals surface area contributed by atoms with Gasteiger partial charge in [-0.2, -0.15) is 0 Å². The van der Waals surface area contributed by atoms with Crippen molar-refractivity contribution in [3.05, 3.63) is 58.3 Å². The standard InChI is InChI=1S/C21H30N4O2S/c1-15(18-12-9-13-28-18)24-19(22-5)23-14-17(16-10-7-6-8-11-16)25-20(26)27-21(2,3)4/h6-13,15,17H,14H2,1-5H3,(H,25,26)(H2,22,23,24). The van der Waals surface area contributed by atoms with Gasteiger partial charge in [0.25, 0.3) is 0 Å². The Morgan fingerprint density at radius 3 is 2.43 bits per heavy atom. The summed E-state index contributed by atoms with van der Waals surface area (Å²) >= 11 is 1.70. The maximum Gasteiger partial charge on any atom is 0.408 e. The van der Waals surface area contributed by atoms with Gasteiger partial charge in [0.05, 0.1) is 12.1 Å². The van der Waals surface area contributed by atoms with Gasteiger partial charge in [0.1, 0.15) is 5.60 Å². The van der Waals surface area contributed by atoms with E-state index in [4.69, 9.17) is 4.74 Å². The Labute approximate surface area is 171 Å². The van der Waals surface area contributed by atoms with Crippen LogP contribution in [-0.4, -0.2) is 31.2 Å². The highest BCUT2D eigenvalue weighted by Crippen LogP contribution is 2.18. The Morgan fingerprint density at radius 2 is 1.86 bits per heavy atom. The van der Waals surface area contributed by atoms with Gasteiger partial charge in [0.15, 0.2) is 5.96 Å². The summed E-state index contributed by atoms with van der Waals surface area (Å²) in [6.45, 7) is 8.10. The molecule has 0 aliphatic carbocycles. The first-order valence-electron chi connectivity index (χ1n) is 9.33. The minimum atomic E-state index is -0.549. The summed E-state index contributed by atoms with van der Waals surface area (Å²) < 4.78 is 5.41. The molecule has 0 fully saturated rings. The number of carbonyl (C=O) groups excluding carboxylic acids is 1. The van der Waals surface area contributed by atoms with Gasteiger partial charge < -0.3 is 20.7 Å². The Morgan fingerprint density at radius 1 is 1.14 bits per heavy atom. The topological polar surface area (TPSA) is 74.8 Å². The van der Waals surface area contributed by atoms with Crippen molar-refractivity contribution in [2.45, 2.75) is 45.4 Å². The highest BCUT2D eigenvalue weighted by Gasteiger charge is 2.21. The third kappa shape index (κ3) is 7.23. The highest BCUT2D eigenvalue weighted by atomic mass is 32.1. The first kappa shape index (κ1) is 21.8. The Kier molecular flexibility index (Phi) is 7.87. The minimum Gasteiger partial charge on any atom is -0.444 e. The van der Waals surface area contributed by atoms with Crippen molar-refractivity contribution in [2.24, 2.45) is 4.99 Å². The fraction of sp³-hybridized carbons (Fsp3) is 0.429. The number of benzene rings is 1. The molecule has 2 atom stereocenters. The molecule has 2 aromatic rings. The zero-order valence-electron chi connectivity index (χ0n) is 17.2. The Balaban J connectivity index is 2.01. The van der Waals surface area contributed by atoms with Gasteiger partial charge in [-0.15, -0.1) is 11.3 Å². The van der Waals surface area contributed by atoms with E-state index in [9.17, 15) is 4.79 Å². The summed E-state index contributed by atoms with van der Waals surface area (Å²) in [5.74, 6) is 0.674. The SMILES string of the molecule is CN=C(NCC(NC(=O)OC(C)(C)C)c1ccccc1)NC(C)c1cccs1. The second-order valence-corrected chi connectivity index (χ2v) is 8.42. The molecule has 0 saturated carbocycles. The van der Waals surface area contributed by atoms with Gasteiger partial charge in [-0.1, -0.05) is 36.4 Å². The molecule has 28 heavy (non-hydrogen) atoms. The van der Waals surface area contributed by atoms with Crippen LogP contribution in [0.15, 0.2) is 52.8 Å². The van der Waals surface area contributed by atoms with Crippen LogP contribution in [-0.2, 0) is 4.74 Å². The van der Waals surface area contributed by atoms with Gasteiger partial charge in [-0.3, -0.25) is 4.99 Å². The average molecular weight is 403 g/mol. The molecular weight excluding hydrogens is 372 g/mol. The first-order chi connectivity index (χ1) is 13.3. The fourth-order valence-corrected chi connectivity index (χ4v) is 3.33. The Bertz CT molecular complexity index is 754. The Hall–Kier alpha value is -2.54. The molecule has 0 bridgehead atoms. The molecule has 3 N–H and O–H groups in total. The van der Waals surface area contributed by atoms with Crippen LogP contribution in [0.25, 0.3) is 0 Å². The molecule has 1 aromatic heterocycles. The van der Waals surface area contributed by atoms with E-state index >= 15 is 0 Å². The number of hydrogen-bond donors (Lipinski definition) is 3. The number of carbonyl (C=O) groups is 1. The van der Waals surface area contributed by atoms with Crippen LogP contribution in [0.1, 0.15) is 50.2 Å². The average Bonchev–Trinajstić information content (AvgIpc) is 3.18. The van der Waals surface area contributed by atoms with Gasteiger partial charge in [0.2, 0.25) is 0 Å². The molecule has 2 unspecified atom stereocenters. The molecule has 0 radical (unpaired) electrons. The van der Waals surface area contributed by atoms with E-state index < -0.39 is 11.7 Å². The van der Waals surface area contributed by atoms with Crippen molar-refractivity contribution in [2.75, 3.05) is 13.6 Å². The molecule has 1 aromatic carbocycles. The number of guanidine groups is 1. The van der Waals surface area contributed by atoms with E-state index in [1.165, 1.54) is 4.88 Å². The smallest absolute Gasteiger partial charge is 0.408 e. The van der Waals surface area contributed by atoms with E-state index in [1.807, 2.05) is 57.2 Å². The number of rotatable bonds is 6. The van der Waals surface area contributed by atoms with Crippen LogP contribution in [0.2, 0.25) is 0 Å². The number of thiophene rings is 1. The number of amides is 1. The van der Waals surface area contributed by atoms with E-state index in [1.54, 1.807) is 18.4 Å². The van der Waals surface area contributed by atoms with Gasteiger partial charge in [-0.05, 0) is 44.7 Å². The number of nitrogens with one attached hydrogen (secondary N) is 3. The van der Waals surface area contributed by atoms with Crippen LogP contribution in [0.4, 0.5) is 4.79 Å². The molecule has 6 nitrogen and oxygen atoms in total. The molecule has 0 saturated heterocycles. The predicted octanol–water partition coefficient (Wildman–Crippen LogP) is 4.24. The zero-order chi connectivity index (χ0) is 20.6. The molecule has 1 heterocycles. The minimum absolute atomic E-state index is 0.139. The van der Waals surface area contributed by atoms with E-state index in [0.29, 0.717) is 12.5 Å². The van der Waals surface area contributed by atoms with E-state index in [2.05, 4.69) is 39.3 Å². The molecule has 2 rings (SSSR count). The molecule has 1 amide bonds. The summed E-state index contributed by atoms with van der Waals surface area (Å²) in [5.41, 5.74) is 0.439. The zero-order valence-corrected chi connectivity index (χ0v) is 18.0. The van der Waals surface area contributed by atoms with Crippen molar-refractivity contribution in [1.29, 1.82) is 0 Å². The van der Waals surface area contributed by atoms with Crippen LogP contribution >= 0.6 is 11.3 Å². The molecule has 0 aliphatic rings. The molecule has 0 spiro atoms. The number of hydrogen-bond acceptors (Lipinski definition) is 4. The summed E-state index contributed by atoms with van der Waals surface area (Å²) in [7, 11) is 1.73. The monoisotopic (exact) mass is 402 g/mol. The van der Waals surface area contributed by atoms with E-state index in [0.717, 1.165) is 5.56 Å². The lowest BCUT2D eigenvalue weighted by Gasteiger charge is -2.25. The third-order valence-corrected chi connectivity index (χ3v) is 4.97. The van der Waals surface area contributed by atoms with Gasteiger partial charge >= 0.3 is 6.09 Å². The summed E-state index contributed by atoms with van der Waals surface area (Å²) in [5, 5.41) is 11.7. The largest absolute Gasteiger partial charge is 0.444 e. The van der Waals surface area contributed by atoms with Crippen molar-refractivity contribution in [3.8, 4) is 0 Å². The molecular formula is C21H30N4O2S. The fourth-order valence-electron chi connectivity index (χ4n) is 2.59. The number of ether oxygens (including phenoxy) is 1. The third-order valence-electron chi connectivity index (χ3n) is 3.91. The summed E-state index contributed by atoms with van der Waals surface area (Å²) in [6, 6.07) is 13.8. The number of alkyl carbamates (subject to hydrolysis) is 1. The van der Waals surface area contributed by atoms with Crippen LogP contribution < -0.4 is 16.0 Å². The lowest BCUT2D eigenvalue weighted by atomic mass is 10.1. The van der Waals surface area contributed by atoms with Crippen molar-refractivity contribution < 1.29 is 9.53 Å². The predicted molar refractivity (Wildman–Crippen MR) is 116 cm³/mol. The number of nitrogens with zero attached hydrogens (tertiary/aromatic N) is 1. The van der Waals surface area contributed by atoms with Crippen LogP contribution in [0.5, 0.6) is 0 Å². The van der Waals surface area contributed by atoms with Crippen LogP contribution in [0, 0.1) is 0 Å². The lowest BCUT2D eigenvalue weighted by Crippen LogP contribution is -2.44. The van der Waals surface area contributed by atoms with Crippen molar-refractivity contribution in [3.63, 3.8) is 0 Å². The van der Waals surface area contributed by atoms with Gasteiger partial charge in [-0.25, -0.2) is 4.79 Å². The number of aliphatic imine (C=N–C) groups is 1. The first-order valence-corrected chi connectivity index (χ1v) is 10.2. The maximum atomic E-state index is 12.3. The van der Waals surface area contributed by atoms with Gasteiger partial charge in [0, 0.05) is 18.5 Å². The lowest BCUT2D eigenvalue weighted by molar-refractivity contribution is 0.0504.